The van der Waals surface area contributed by atoms with Crippen LogP contribution in [0.15, 0.2) is 108 Å². The molecule has 0 bridgehead atoms. The van der Waals surface area contributed by atoms with E-state index in [4.69, 9.17) is 9.47 Å². The number of thioether (sulfide) groups is 1. The Balaban J connectivity index is 1.51. The lowest BCUT2D eigenvalue weighted by atomic mass is 10.1. The highest BCUT2D eigenvalue weighted by Crippen LogP contribution is 2.32. The molecule has 3 amide bonds. The van der Waals surface area contributed by atoms with Gasteiger partial charge in [0.2, 0.25) is 5.91 Å². The SMILES string of the molecule is CCC(Sc1cccc(NC(=O)/C(=C/c2ccccc2F)NC(=O)c2ccccc2)c1)C(=O)Nc1cc(OC)ccc1OC. The fourth-order valence-electron chi connectivity index (χ4n) is 4.15. The number of carbonyl (C=O) groups excluding carboxylic acids is 3. The van der Waals surface area contributed by atoms with E-state index in [-0.39, 0.29) is 17.2 Å². The van der Waals surface area contributed by atoms with Crippen LogP contribution in [-0.2, 0) is 9.59 Å². The number of carbonyl (C=O) groups is 3. The topological polar surface area (TPSA) is 106 Å². The van der Waals surface area contributed by atoms with Gasteiger partial charge >= 0.3 is 0 Å². The van der Waals surface area contributed by atoms with E-state index in [0.29, 0.717) is 34.9 Å². The van der Waals surface area contributed by atoms with Crippen LogP contribution < -0.4 is 25.4 Å². The lowest BCUT2D eigenvalue weighted by Gasteiger charge is -2.17. The van der Waals surface area contributed by atoms with Crippen molar-refractivity contribution in [3.63, 3.8) is 0 Å². The van der Waals surface area contributed by atoms with Gasteiger partial charge in [-0.05, 0) is 61.0 Å². The number of hydrogen-bond donors (Lipinski definition) is 3. The smallest absolute Gasteiger partial charge is 0.272 e. The Morgan fingerprint density at radius 2 is 1.61 bits per heavy atom. The normalized spacial score (nSPS) is 11.7. The molecule has 0 heterocycles. The van der Waals surface area contributed by atoms with E-state index in [9.17, 15) is 18.8 Å². The van der Waals surface area contributed by atoms with Gasteiger partial charge in [0.25, 0.3) is 11.8 Å². The van der Waals surface area contributed by atoms with Crippen molar-refractivity contribution in [1.29, 1.82) is 0 Å². The van der Waals surface area contributed by atoms with Crippen molar-refractivity contribution in [2.24, 2.45) is 0 Å². The quantitative estimate of drug-likeness (QED) is 0.120. The molecule has 10 heteroatoms. The van der Waals surface area contributed by atoms with Gasteiger partial charge in [-0.2, -0.15) is 0 Å². The monoisotopic (exact) mass is 613 g/mol. The molecule has 226 valence electrons. The van der Waals surface area contributed by atoms with Gasteiger partial charge in [-0.15, -0.1) is 11.8 Å². The van der Waals surface area contributed by atoms with Gasteiger partial charge in [0.15, 0.2) is 0 Å². The average Bonchev–Trinajstić information content (AvgIpc) is 3.04. The van der Waals surface area contributed by atoms with E-state index in [2.05, 4.69) is 16.0 Å². The Morgan fingerprint density at radius 3 is 2.32 bits per heavy atom. The average molecular weight is 614 g/mol. The summed E-state index contributed by atoms with van der Waals surface area (Å²) in [5.41, 5.74) is 1.26. The van der Waals surface area contributed by atoms with Crippen LogP contribution in [0.2, 0.25) is 0 Å². The van der Waals surface area contributed by atoms with Crippen molar-refractivity contribution in [2.45, 2.75) is 23.5 Å². The van der Waals surface area contributed by atoms with Gasteiger partial charge < -0.3 is 25.4 Å². The second-order valence-electron chi connectivity index (χ2n) is 9.45. The second kappa shape index (κ2) is 15.4. The molecule has 3 N–H and O–H groups in total. The molecule has 0 spiro atoms. The zero-order valence-electron chi connectivity index (χ0n) is 24.4. The molecule has 0 radical (unpaired) electrons. The van der Waals surface area contributed by atoms with E-state index in [0.717, 1.165) is 4.90 Å². The van der Waals surface area contributed by atoms with Crippen LogP contribution in [0.4, 0.5) is 15.8 Å². The highest BCUT2D eigenvalue weighted by Gasteiger charge is 2.21. The van der Waals surface area contributed by atoms with Crippen LogP contribution in [-0.4, -0.2) is 37.2 Å². The van der Waals surface area contributed by atoms with Crippen molar-refractivity contribution in [3.05, 3.63) is 120 Å². The van der Waals surface area contributed by atoms with E-state index in [1.807, 2.05) is 13.0 Å². The predicted molar refractivity (Wildman–Crippen MR) is 171 cm³/mol. The first-order valence-corrected chi connectivity index (χ1v) is 14.6. The first-order valence-electron chi connectivity index (χ1n) is 13.7. The maximum atomic E-state index is 14.5. The van der Waals surface area contributed by atoms with Crippen molar-refractivity contribution >= 4 is 46.9 Å². The third-order valence-corrected chi connectivity index (χ3v) is 7.79. The summed E-state index contributed by atoms with van der Waals surface area (Å²) in [6.45, 7) is 1.90. The van der Waals surface area contributed by atoms with Crippen molar-refractivity contribution in [2.75, 3.05) is 24.9 Å². The second-order valence-corrected chi connectivity index (χ2v) is 10.7. The summed E-state index contributed by atoms with van der Waals surface area (Å²) in [6, 6.07) is 26.5. The van der Waals surface area contributed by atoms with Crippen LogP contribution in [0, 0.1) is 5.82 Å². The minimum Gasteiger partial charge on any atom is -0.497 e. The molecule has 0 saturated carbocycles. The predicted octanol–water partition coefficient (Wildman–Crippen LogP) is 6.76. The standard InChI is InChI=1S/C34H32FN3O5S/c1-4-31(34(41)37-28-21-25(42-2)17-18-30(28)43-3)44-26-15-10-14-24(20-26)36-33(40)29(19-23-13-8-9-16-27(23)35)38-32(39)22-11-6-5-7-12-22/h5-21,31H,4H2,1-3H3,(H,36,40)(H,37,41)(H,38,39)/b29-19-. The Kier molecular flexibility index (Phi) is 11.1. The minimum absolute atomic E-state index is 0.139. The van der Waals surface area contributed by atoms with Crippen LogP contribution in [0.5, 0.6) is 11.5 Å². The summed E-state index contributed by atoms with van der Waals surface area (Å²) < 4.78 is 25.1. The van der Waals surface area contributed by atoms with Crippen molar-refractivity contribution in [3.8, 4) is 11.5 Å². The first kappa shape index (κ1) is 31.8. The van der Waals surface area contributed by atoms with Crippen LogP contribution in [0.3, 0.4) is 0 Å². The van der Waals surface area contributed by atoms with Crippen molar-refractivity contribution < 1.29 is 28.2 Å². The number of methoxy groups -OCH3 is 2. The number of nitrogens with one attached hydrogen (secondary N) is 3. The fraction of sp³-hybridized carbons (Fsp3) is 0.147. The van der Waals surface area contributed by atoms with Crippen LogP contribution in [0.25, 0.3) is 6.08 Å². The highest BCUT2D eigenvalue weighted by molar-refractivity contribution is 8.00. The van der Waals surface area contributed by atoms with Gasteiger partial charge in [-0.3, -0.25) is 14.4 Å². The molecule has 1 atom stereocenters. The maximum absolute atomic E-state index is 14.5. The molecule has 4 rings (SSSR count). The summed E-state index contributed by atoms with van der Waals surface area (Å²) in [4.78, 5) is 40.2. The van der Waals surface area contributed by atoms with E-state index in [1.54, 1.807) is 79.9 Å². The molecule has 0 saturated heterocycles. The number of anilines is 2. The number of hydrogen-bond acceptors (Lipinski definition) is 6. The molecule has 4 aromatic carbocycles. The van der Waals surface area contributed by atoms with Gasteiger partial charge in [0.1, 0.15) is 23.0 Å². The fourth-order valence-corrected chi connectivity index (χ4v) is 5.16. The molecule has 0 aliphatic heterocycles. The summed E-state index contributed by atoms with van der Waals surface area (Å²) in [7, 11) is 3.06. The lowest BCUT2D eigenvalue weighted by molar-refractivity contribution is -0.116. The summed E-state index contributed by atoms with van der Waals surface area (Å²) in [5, 5.41) is 7.84. The van der Waals surface area contributed by atoms with Gasteiger partial charge in [0.05, 0.1) is 25.2 Å². The Bertz CT molecular complexity index is 1660. The number of halogens is 1. The van der Waals surface area contributed by atoms with Gasteiger partial charge in [-0.25, -0.2) is 4.39 Å². The van der Waals surface area contributed by atoms with E-state index >= 15 is 0 Å². The molecular weight excluding hydrogens is 581 g/mol. The summed E-state index contributed by atoms with van der Waals surface area (Å²) in [5.74, 6) is -0.847. The van der Waals surface area contributed by atoms with Gasteiger partial charge in [-0.1, -0.05) is 49.4 Å². The molecule has 1 unspecified atom stereocenters. The zero-order valence-corrected chi connectivity index (χ0v) is 25.2. The van der Waals surface area contributed by atoms with E-state index in [1.165, 1.54) is 43.1 Å². The Labute approximate surface area is 259 Å². The Morgan fingerprint density at radius 1 is 0.864 bits per heavy atom. The van der Waals surface area contributed by atoms with Crippen molar-refractivity contribution in [1.82, 2.24) is 5.32 Å². The Hall–Kier alpha value is -5.09. The molecule has 0 aromatic heterocycles. The lowest BCUT2D eigenvalue weighted by Crippen LogP contribution is -2.30. The molecule has 8 nitrogen and oxygen atoms in total. The molecule has 0 fully saturated rings. The summed E-state index contributed by atoms with van der Waals surface area (Å²) in [6.07, 6.45) is 1.81. The zero-order chi connectivity index (χ0) is 31.5. The maximum Gasteiger partial charge on any atom is 0.272 e. The third-order valence-electron chi connectivity index (χ3n) is 6.43. The number of benzene rings is 4. The minimum atomic E-state index is -0.644. The largest absolute Gasteiger partial charge is 0.497 e. The molecule has 0 aliphatic carbocycles. The van der Waals surface area contributed by atoms with E-state index < -0.39 is 22.9 Å². The number of amides is 3. The number of rotatable bonds is 12. The first-order chi connectivity index (χ1) is 21.3. The number of ether oxygens (including phenoxy) is 2. The van der Waals surface area contributed by atoms with Crippen LogP contribution in [0.1, 0.15) is 29.3 Å². The molecule has 0 aliphatic rings. The molecule has 44 heavy (non-hydrogen) atoms. The molecule has 4 aromatic rings. The van der Waals surface area contributed by atoms with Crippen LogP contribution >= 0.6 is 11.8 Å². The van der Waals surface area contributed by atoms with Gasteiger partial charge in [0, 0.05) is 27.8 Å². The third kappa shape index (κ3) is 8.48. The summed E-state index contributed by atoms with van der Waals surface area (Å²) >= 11 is 1.33. The molecular formula is C34H32FN3O5S. The highest BCUT2D eigenvalue weighted by atomic mass is 32.2.